The van der Waals surface area contributed by atoms with Crippen molar-refractivity contribution in [1.82, 2.24) is 25.1 Å². The van der Waals surface area contributed by atoms with E-state index in [0.29, 0.717) is 29.7 Å². The van der Waals surface area contributed by atoms with Crippen LogP contribution in [-0.4, -0.2) is 25.1 Å². The Balaban J connectivity index is 1.78. The third kappa shape index (κ3) is 2.10. The van der Waals surface area contributed by atoms with Gasteiger partial charge in [0, 0.05) is 12.4 Å². The molecular weight excluding hydrogens is 232 g/mol. The molecule has 7 heteroatoms. The first-order chi connectivity index (χ1) is 8.81. The lowest BCUT2D eigenvalue weighted by molar-refractivity contribution is 0.379. The maximum atomic E-state index is 4.99. The highest BCUT2D eigenvalue weighted by atomic mass is 16.5. The molecule has 0 radical (unpaired) electrons. The molecule has 1 N–H and O–H groups in total. The number of anilines is 1. The van der Waals surface area contributed by atoms with Gasteiger partial charge in [-0.25, -0.2) is 9.97 Å². The topological polar surface area (TPSA) is 89.6 Å². The highest BCUT2D eigenvalue weighted by molar-refractivity contribution is 5.71. The van der Waals surface area contributed by atoms with Crippen LogP contribution in [-0.2, 0) is 6.54 Å². The molecular formula is C11H10N6O. The zero-order valence-electron chi connectivity index (χ0n) is 9.66. The van der Waals surface area contributed by atoms with Gasteiger partial charge in [-0.2, -0.15) is 4.98 Å². The minimum atomic E-state index is 0.430. The second kappa shape index (κ2) is 4.36. The number of aryl methyl sites for hydroxylation is 1. The highest BCUT2D eigenvalue weighted by Gasteiger charge is 2.03. The Morgan fingerprint density at radius 2 is 2.06 bits per heavy atom. The van der Waals surface area contributed by atoms with Crippen LogP contribution in [0.3, 0.4) is 0 Å². The van der Waals surface area contributed by atoms with Crippen LogP contribution in [0.4, 0.5) is 5.82 Å². The Labute approximate surface area is 102 Å². The van der Waals surface area contributed by atoms with Crippen molar-refractivity contribution >= 4 is 17.0 Å². The molecule has 0 aliphatic carbocycles. The van der Waals surface area contributed by atoms with Crippen LogP contribution in [0.1, 0.15) is 11.7 Å². The van der Waals surface area contributed by atoms with E-state index in [-0.39, 0.29) is 0 Å². The molecule has 90 valence electrons. The molecule has 3 rings (SSSR count). The van der Waals surface area contributed by atoms with E-state index >= 15 is 0 Å². The maximum absolute atomic E-state index is 4.99. The summed E-state index contributed by atoms with van der Waals surface area (Å²) < 4.78 is 4.99. The molecule has 0 unspecified atom stereocenters. The van der Waals surface area contributed by atoms with Crippen LogP contribution in [0.5, 0.6) is 0 Å². The first-order valence-electron chi connectivity index (χ1n) is 5.42. The minimum absolute atomic E-state index is 0.430. The monoisotopic (exact) mass is 242 g/mol. The molecule has 0 bridgehead atoms. The summed E-state index contributed by atoms with van der Waals surface area (Å²) in [6.45, 7) is 2.20. The van der Waals surface area contributed by atoms with Crippen LogP contribution in [0.25, 0.3) is 11.2 Å². The van der Waals surface area contributed by atoms with E-state index in [2.05, 4.69) is 30.4 Å². The second-order valence-corrected chi connectivity index (χ2v) is 3.68. The van der Waals surface area contributed by atoms with Gasteiger partial charge in [0.1, 0.15) is 11.3 Å². The quantitative estimate of drug-likeness (QED) is 0.740. The van der Waals surface area contributed by atoms with Gasteiger partial charge in [-0.15, -0.1) is 0 Å². The first kappa shape index (κ1) is 10.6. The summed E-state index contributed by atoms with van der Waals surface area (Å²) in [5.74, 6) is 1.83. The molecule has 3 aromatic rings. The lowest BCUT2D eigenvalue weighted by Crippen LogP contribution is -2.02. The Morgan fingerprint density at radius 1 is 1.17 bits per heavy atom. The average molecular weight is 242 g/mol. The number of hydrogen-bond acceptors (Lipinski definition) is 7. The largest absolute Gasteiger partial charge is 0.361 e. The molecule has 0 atom stereocenters. The Hall–Kier alpha value is -2.57. The van der Waals surface area contributed by atoms with Crippen molar-refractivity contribution in [1.29, 1.82) is 0 Å². The number of nitrogens with one attached hydrogen (secondary N) is 1. The van der Waals surface area contributed by atoms with Gasteiger partial charge in [-0.3, -0.25) is 4.98 Å². The number of pyridine rings is 1. The third-order valence-electron chi connectivity index (χ3n) is 2.32. The van der Waals surface area contributed by atoms with Crippen molar-refractivity contribution in [2.75, 3.05) is 5.32 Å². The molecule has 0 fully saturated rings. The van der Waals surface area contributed by atoms with Crippen molar-refractivity contribution in [3.63, 3.8) is 0 Å². The van der Waals surface area contributed by atoms with Crippen molar-refractivity contribution in [2.45, 2.75) is 13.5 Å². The molecule has 0 aromatic carbocycles. The zero-order chi connectivity index (χ0) is 12.4. The molecule has 0 aliphatic rings. The van der Waals surface area contributed by atoms with E-state index in [4.69, 9.17) is 4.52 Å². The van der Waals surface area contributed by atoms with Crippen LogP contribution in [0.2, 0.25) is 0 Å². The minimum Gasteiger partial charge on any atom is -0.361 e. The van der Waals surface area contributed by atoms with Gasteiger partial charge in [0.25, 0.3) is 0 Å². The summed E-state index contributed by atoms with van der Waals surface area (Å²) in [5, 5.41) is 6.80. The van der Waals surface area contributed by atoms with Crippen LogP contribution < -0.4 is 5.32 Å². The fourth-order valence-corrected chi connectivity index (χ4v) is 1.53. The Morgan fingerprint density at radius 3 is 2.89 bits per heavy atom. The fourth-order valence-electron chi connectivity index (χ4n) is 1.53. The van der Waals surface area contributed by atoms with Crippen LogP contribution in [0, 0.1) is 6.92 Å². The molecule has 3 aromatic heterocycles. The van der Waals surface area contributed by atoms with Gasteiger partial charge in [0.05, 0.1) is 6.54 Å². The average Bonchev–Trinajstić information content (AvgIpc) is 2.82. The summed E-state index contributed by atoms with van der Waals surface area (Å²) in [4.78, 5) is 16.7. The number of aromatic nitrogens is 5. The molecule has 3 heterocycles. The van der Waals surface area contributed by atoms with Crippen molar-refractivity contribution < 1.29 is 4.52 Å². The van der Waals surface area contributed by atoms with E-state index in [0.717, 1.165) is 5.52 Å². The van der Waals surface area contributed by atoms with E-state index < -0.39 is 0 Å². The molecule has 7 nitrogen and oxygen atoms in total. The van der Waals surface area contributed by atoms with Gasteiger partial charge < -0.3 is 9.84 Å². The molecule has 0 spiro atoms. The first-order valence-corrected chi connectivity index (χ1v) is 5.42. The molecule has 0 amide bonds. The molecule has 18 heavy (non-hydrogen) atoms. The predicted molar refractivity (Wildman–Crippen MR) is 63.7 cm³/mol. The van der Waals surface area contributed by atoms with E-state index in [1.54, 1.807) is 19.3 Å². The maximum Gasteiger partial charge on any atom is 0.245 e. The van der Waals surface area contributed by atoms with Crippen molar-refractivity contribution in [3.8, 4) is 0 Å². The summed E-state index contributed by atoms with van der Waals surface area (Å²) >= 11 is 0. The molecule has 0 saturated carbocycles. The predicted octanol–water partition coefficient (Wildman–Crippen LogP) is 1.33. The van der Waals surface area contributed by atoms with Crippen LogP contribution in [0.15, 0.2) is 29.0 Å². The normalized spacial score (nSPS) is 10.7. The lowest BCUT2D eigenvalue weighted by Gasteiger charge is -2.02. The van der Waals surface area contributed by atoms with Crippen molar-refractivity contribution in [2.24, 2.45) is 0 Å². The lowest BCUT2D eigenvalue weighted by atomic mass is 10.4. The smallest absolute Gasteiger partial charge is 0.245 e. The third-order valence-corrected chi connectivity index (χ3v) is 2.32. The van der Waals surface area contributed by atoms with Gasteiger partial charge >= 0.3 is 0 Å². The van der Waals surface area contributed by atoms with Gasteiger partial charge in [-0.1, -0.05) is 5.16 Å². The van der Waals surface area contributed by atoms with E-state index in [1.165, 1.54) is 0 Å². The Bertz CT molecular complexity index is 680. The van der Waals surface area contributed by atoms with Gasteiger partial charge in [-0.05, 0) is 19.1 Å². The standard InChI is InChI=1S/C11H10N6O/c1-7-15-10(18-17-7)6-14-9-3-2-8-11(16-9)13-5-4-12-8/h2-5H,6H2,1H3,(H,13,14,16). The van der Waals surface area contributed by atoms with Gasteiger partial charge in [0.2, 0.25) is 5.89 Å². The summed E-state index contributed by atoms with van der Waals surface area (Å²) in [6.07, 6.45) is 3.25. The molecule has 0 saturated heterocycles. The molecule has 0 aliphatic heterocycles. The van der Waals surface area contributed by atoms with E-state index in [1.807, 2.05) is 12.1 Å². The number of hydrogen-bond donors (Lipinski definition) is 1. The van der Waals surface area contributed by atoms with Crippen molar-refractivity contribution in [3.05, 3.63) is 36.2 Å². The summed E-state index contributed by atoms with van der Waals surface area (Å²) in [5.41, 5.74) is 1.36. The van der Waals surface area contributed by atoms with E-state index in [9.17, 15) is 0 Å². The second-order valence-electron chi connectivity index (χ2n) is 3.68. The number of nitrogens with zero attached hydrogens (tertiary/aromatic N) is 5. The summed E-state index contributed by atoms with van der Waals surface area (Å²) in [7, 11) is 0. The van der Waals surface area contributed by atoms with Gasteiger partial charge in [0.15, 0.2) is 11.5 Å². The number of rotatable bonds is 3. The SMILES string of the molecule is Cc1noc(CNc2ccc3nccnc3n2)n1. The Kier molecular flexibility index (Phi) is 2.56. The number of fused-ring (bicyclic) bond motifs is 1. The fraction of sp³-hybridized carbons (Fsp3) is 0.182. The van der Waals surface area contributed by atoms with Crippen LogP contribution >= 0.6 is 0 Å². The zero-order valence-corrected chi connectivity index (χ0v) is 9.66. The summed E-state index contributed by atoms with van der Waals surface area (Å²) in [6, 6.07) is 3.69. The highest BCUT2D eigenvalue weighted by Crippen LogP contribution is 2.10.